The minimum Gasteiger partial charge on any atom is -0.483 e. The zero-order valence-corrected chi connectivity index (χ0v) is 10.9. The largest absolute Gasteiger partial charge is 0.483 e. The average Bonchev–Trinajstić information content (AvgIpc) is 2.54. The van der Waals surface area contributed by atoms with E-state index < -0.39 is 0 Å². The molecule has 21 heavy (non-hydrogen) atoms. The molecular formula is C13H13N5O3. The van der Waals surface area contributed by atoms with Crippen LogP contribution in [0.15, 0.2) is 48.1 Å². The highest BCUT2D eigenvalue weighted by Gasteiger charge is 2.10. The normalized spacial score (nSPS) is 11.0. The van der Waals surface area contributed by atoms with E-state index in [9.17, 15) is 4.79 Å². The summed E-state index contributed by atoms with van der Waals surface area (Å²) in [5.41, 5.74) is 6.11. The Labute approximate surface area is 120 Å². The van der Waals surface area contributed by atoms with E-state index in [0.717, 1.165) is 0 Å². The maximum Gasteiger partial charge on any atom is 0.258 e. The van der Waals surface area contributed by atoms with Gasteiger partial charge in [0, 0.05) is 12.4 Å². The summed E-state index contributed by atoms with van der Waals surface area (Å²) >= 11 is 0. The second kappa shape index (κ2) is 6.85. The number of amides is 1. The van der Waals surface area contributed by atoms with Gasteiger partial charge in [-0.05, 0) is 12.1 Å². The second-order valence-electron chi connectivity index (χ2n) is 3.96. The summed E-state index contributed by atoms with van der Waals surface area (Å²) < 4.78 is 5.36. The van der Waals surface area contributed by atoms with Crippen LogP contribution in [0.5, 0.6) is 5.75 Å². The number of rotatable bonds is 5. The van der Waals surface area contributed by atoms with E-state index in [4.69, 9.17) is 15.7 Å². The first-order valence-corrected chi connectivity index (χ1v) is 5.95. The van der Waals surface area contributed by atoms with Gasteiger partial charge in [-0.25, -0.2) is 9.97 Å². The molecule has 1 aromatic carbocycles. The molecule has 0 saturated carbocycles. The highest BCUT2D eigenvalue weighted by Crippen LogP contribution is 2.24. The zero-order chi connectivity index (χ0) is 15.1. The lowest BCUT2D eigenvalue weighted by Gasteiger charge is -2.11. The van der Waals surface area contributed by atoms with Crippen molar-refractivity contribution in [3.8, 4) is 5.75 Å². The van der Waals surface area contributed by atoms with E-state index in [-0.39, 0.29) is 18.3 Å². The Hall–Kier alpha value is -3.16. The number of anilines is 1. The van der Waals surface area contributed by atoms with Gasteiger partial charge in [-0.2, -0.15) is 0 Å². The summed E-state index contributed by atoms with van der Waals surface area (Å²) in [4.78, 5) is 19.6. The number of hydrogen-bond acceptors (Lipinski definition) is 6. The third kappa shape index (κ3) is 3.90. The predicted octanol–water partition coefficient (Wildman–Crippen LogP) is 0.854. The van der Waals surface area contributed by atoms with E-state index in [0.29, 0.717) is 17.0 Å². The lowest BCUT2D eigenvalue weighted by molar-refractivity contribution is 0.102. The maximum absolute atomic E-state index is 12.0. The fourth-order valence-corrected chi connectivity index (χ4v) is 1.49. The first-order chi connectivity index (χ1) is 10.2. The van der Waals surface area contributed by atoms with Gasteiger partial charge < -0.3 is 21.0 Å². The van der Waals surface area contributed by atoms with Crippen molar-refractivity contribution in [3.05, 3.63) is 48.5 Å². The highest BCUT2D eigenvalue weighted by atomic mass is 16.5. The molecule has 0 aliphatic heterocycles. The quantitative estimate of drug-likeness (QED) is 0.324. The molecule has 0 unspecified atom stereocenters. The van der Waals surface area contributed by atoms with Crippen LogP contribution >= 0.6 is 0 Å². The summed E-state index contributed by atoms with van der Waals surface area (Å²) in [6.45, 7) is -0.0994. The Bertz CT molecular complexity index is 645. The summed E-state index contributed by atoms with van der Waals surface area (Å²) in [6, 6.07) is 6.81. The van der Waals surface area contributed by atoms with Crippen LogP contribution in [0.4, 0.5) is 5.69 Å². The molecule has 4 N–H and O–H groups in total. The topological polar surface area (TPSA) is 123 Å². The van der Waals surface area contributed by atoms with Gasteiger partial charge in [0.1, 0.15) is 18.7 Å². The van der Waals surface area contributed by atoms with Gasteiger partial charge in [-0.1, -0.05) is 17.3 Å². The van der Waals surface area contributed by atoms with Crippen LogP contribution in [0.3, 0.4) is 0 Å². The number of benzene rings is 1. The number of para-hydroxylation sites is 2. The Kier molecular flexibility index (Phi) is 4.65. The molecule has 0 fully saturated rings. The molecule has 1 amide bonds. The third-order valence-corrected chi connectivity index (χ3v) is 2.46. The number of ether oxygens (including phenoxy) is 1. The Balaban J connectivity index is 2.11. The lowest BCUT2D eigenvalue weighted by atomic mass is 10.2. The molecule has 0 spiro atoms. The smallest absolute Gasteiger partial charge is 0.258 e. The number of nitrogens with two attached hydrogens (primary N) is 1. The number of nitrogens with zero attached hydrogens (tertiary/aromatic N) is 3. The van der Waals surface area contributed by atoms with Gasteiger partial charge in [0.2, 0.25) is 0 Å². The number of aromatic nitrogens is 2. The van der Waals surface area contributed by atoms with Crippen molar-refractivity contribution in [1.82, 2.24) is 9.97 Å². The highest BCUT2D eigenvalue weighted by molar-refractivity contribution is 6.04. The van der Waals surface area contributed by atoms with E-state index in [1.54, 1.807) is 24.3 Å². The molecular weight excluding hydrogens is 274 g/mol. The van der Waals surface area contributed by atoms with E-state index in [1.165, 1.54) is 18.7 Å². The van der Waals surface area contributed by atoms with Crippen LogP contribution in [0.25, 0.3) is 0 Å². The van der Waals surface area contributed by atoms with Crippen molar-refractivity contribution in [1.29, 1.82) is 0 Å². The van der Waals surface area contributed by atoms with Crippen LogP contribution in [-0.2, 0) is 0 Å². The van der Waals surface area contributed by atoms with E-state index >= 15 is 0 Å². The van der Waals surface area contributed by atoms with Crippen LogP contribution in [0, 0.1) is 0 Å². The molecule has 1 heterocycles. The fraction of sp³-hybridized carbons (Fsp3) is 0.0769. The minimum atomic E-state index is -0.365. The van der Waals surface area contributed by atoms with Gasteiger partial charge in [0.25, 0.3) is 5.91 Å². The summed E-state index contributed by atoms with van der Waals surface area (Å²) in [5, 5.41) is 14.0. The first-order valence-electron chi connectivity index (χ1n) is 5.95. The number of oxime groups is 1. The molecule has 0 aliphatic rings. The van der Waals surface area contributed by atoms with Crippen molar-refractivity contribution in [3.63, 3.8) is 0 Å². The van der Waals surface area contributed by atoms with Crippen LogP contribution < -0.4 is 15.8 Å². The summed E-state index contributed by atoms with van der Waals surface area (Å²) in [6.07, 6.45) is 4.15. The Morgan fingerprint density at radius 3 is 2.76 bits per heavy atom. The van der Waals surface area contributed by atoms with E-state index in [2.05, 4.69) is 20.4 Å². The first kappa shape index (κ1) is 14.3. The van der Waals surface area contributed by atoms with Crippen LogP contribution in [0.1, 0.15) is 10.4 Å². The predicted molar refractivity (Wildman–Crippen MR) is 75.3 cm³/mol. The van der Waals surface area contributed by atoms with Crippen molar-refractivity contribution < 1.29 is 14.7 Å². The van der Waals surface area contributed by atoms with Gasteiger partial charge in [0.05, 0.1) is 11.3 Å². The summed E-state index contributed by atoms with van der Waals surface area (Å²) in [7, 11) is 0. The van der Waals surface area contributed by atoms with Crippen LogP contribution in [0.2, 0.25) is 0 Å². The van der Waals surface area contributed by atoms with Crippen molar-refractivity contribution in [2.24, 2.45) is 10.9 Å². The molecule has 0 saturated heterocycles. The number of carbonyl (C=O) groups excluding carboxylic acids is 1. The standard InChI is InChI=1S/C13H13N5O3/c14-12(18-20)7-21-11-4-2-1-3-10(11)17-13(19)9-5-15-8-16-6-9/h1-6,8,20H,7H2,(H2,14,18)(H,17,19). The molecule has 8 heteroatoms. The molecule has 0 atom stereocenters. The molecule has 108 valence electrons. The monoisotopic (exact) mass is 287 g/mol. The Morgan fingerprint density at radius 1 is 1.33 bits per heavy atom. The second-order valence-corrected chi connectivity index (χ2v) is 3.96. The van der Waals surface area contributed by atoms with Crippen molar-refractivity contribution in [2.45, 2.75) is 0 Å². The van der Waals surface area contributed by atoms with Crippen molar-refractivity contribution in [2.75, 3.05) is 11.9 Å². The SMILES string of the molecule is N/C(COc1ccccc1NC(=O)c1cncnc1)=N/O. The summed E-state index contributed by atoms with van der Waals surface area (Å²) in [5.74, 6) is -0.0441. The minimum absolute atomic E-state index is 0.0763. The fourth-order valence-electron chi connectivity index (χ4n) is 1.49. The molecule has 8 nitrogen and oxygen atoms in total. The zero-order valence-electron chi connectivity index (χ0n) is 10.9. The van der Waals surface area contributed by atoms with Crippen molar-refractivity contribution >= 4 is 17.4 Å². The van der Waals surface area contributed by atoms with Gasteiger partial charge in [-0.15, -0.1) is 0 Å². The number of amidine groups is 1. The lowest BCUT2D eigenvalue weighted by Crippen LogP contribution is -2.21. The molecule has 2 rings (SSSR count). The number of carbonyl (C=O) groups is 1. The van der Waals surface area contributed by atoms with Gasteiger partial charge >= 0.3 is 0 Å². The number of nitrogens with one attached hydrogen (secondary N) is 1. The van der Waals surface area contributed by atoms with Gasteiger partial charge in [-0.3, -0.25) is 4.79 Å². The molecule has 0 radical (unpaired) electrons. The third-order valence-electron chi connectivity index (χ3n) is 2.46. The maximum atomic E-state index is 12.0. The Morgan fingerprint density at radius 2 is 2.05 bits per heavy atom. The molecule has 0 aliphatic carbocycles. The average molecular weight is 287 g/mol. The molecule has 0 bridgehead atoms. The molecule has 1 aromatic heterocycles. The van der Waals surface area contributed by atoms with Gasteiger partial charge in [0.15, 0.2) is 5.84 Å². The molecule has 2 aromatic rings. The van der Waals surface area contributed by atoms with E-state index in [1.807, 2.05) is 0 Å². The number of hydrogen-bond donors (Lipinski definition) is 3. The van der Waals surface area contributed by atoms with Crippen LogP contribution in [-0.4, -0.2) is 33.5 Å².